The van der Waals surface area contributed by atoms with Crippen LogP contribution in [0.25, 0.3) is 0 Å². The molecule has 0 heterocycles. The Bertz CT molecular complexity index is 449. The first-order valence-corrected chi connectivity index (χ1v) is 8.84. The summed E-state index contributed by atoms with van der Waals surface area (Å²) in [6, 6.07) is 9.02. The van der Waals surface area contributed by atoms with Crippen molar-refractivity contribution in [2.45, 2.75) is 53.1 Å². The molecule has 0 aliphatic rings. The van der Waals surface area contributed by atoms with E-state index in [2.05, 4.69) is 72.5 Å². The number of rotatable bonds is 9. The van der Waals surface area contributed by atoms with Gasteiger partial charge in [0.2, 0.25) is 0 Å². The van der Waals surface area contributed by atoms with E-state index in [9.17, 15) is 0 Å². The van der Waals surface area contributed by atoms with Crippen LogP contribution in [0.5, 0.6) is 0 Å². The smallest absolute Gasteiger partial charge is 0.191 e. The summed E-state index contributed by atoms with van der Waals surface area (Å²) >= 11 is 0. The molecule has 23 heavy (non-hydrogen) atoms. The highest BCUT2D eigenvalue weighted by Crippen LogP contribution is 2.03. The highest BCUT2D eigenvalue weighted by molar-refractivity contribution is 5.79. The van der Waals surface area contributed by atoms with Crippen LogP contribution in [0.4, 0.5) is 0 Å². The quantitative estimate of drug-likeness (QED) is 0.543. The standard InChI is InChI=1S/C19H34N4/c1-6-23(7-2)14-8-9-17(4)22-19(20-5)21-15-18-12-10-16(3)11-13-18/h10-13,17H,6-9,14-15H2,1-5H3,(H2,20,21,22). The predicted molar refractivity (Wildman–Crippen MR) is 101 cm³/mol. The highest BCUT2D eigenvalue weighted by atomic mass is 15.2. The van der Waals surface area contributed by atoms with Gasteiger partial charge in [-0.05, 0) is 51.9 Å². The zero-order valence-electron chi connectivity index (χ0n) is 15.5. The fourth-order valence-corrected chi connectivity index (χ4v) is 2.55. The van der Waals surface area contributed by atoms with E-state index in [0.29, 0.717) is 6.04 Å². The van der Waals surface area contributed by atoms with Crippen molar-refractivity contribution in [3.63, 3.8) is 0 Å². The fourth-order valence-electron chi connectivity index (χ4n) is 2.55. The SMILES string of the molecule is CCN(CC)CCCC(C)NC(=NC)NCc1ccc(C)cc1. The molecule has 0 aliphatic heterocycles. The predicted octanol–water partition coefficient (Wildman–Crippen LogP) is 3.17. The molecule has 0 spiro atoms. The monoisotopic (exact) mass is 318 g/mol. The van der Waals surface area contributed by atoms with Gasteiger partial charge in [0.15, 0.2) is 5.96 Å². The number of nitrogens with one attached hydrogen (secondary N) is 2. The van der Waals surface area contributed by atoms with E-state index in [1.54, 1.807) is 0 Å². The van der Waals surface area contributed by atoms with Crippen LogP contribution >= 0.6 is 0 Å². The lowest BCUT2D eigenvalue weighted by Crippen LogP contribution is -2.42. The summed E-state index contributed by atoms with van der Waals surface area (Å²) in [6.45, 7) is 13.0. The van der Waals surface area contributed by atoms with Gasteiger partial charge in [-0.1, -0.05) is 43.7 Å². The van der Waals surface area contributed by atoms with Crippen molar-refractivity contribution in [3.8, 4) is 0 Å². The van der Waals surface area contributed by atoms with Gasteiger partial charge in [-0.3, -0.25) is 4.99 Å². The molecule has 130 valence electrons. The van der Waals surface area contributed by atoms with E-state index in [-0.39, 0.29) is 0 Å². The van der Waals surface area contributed by atoms with Crippen LogP contribution in [-0.2, 0) is 6.54 Å². The van der Waals surface area contributed by atoms with Crippen LogP contribution in [0.1, 0.15) is 44.7 Å². The Morgan fingerprint density at radius 3 is 2.39 bits per heavy atom. The second-order valence-corrected chi connectivity index (χ2v) is 6.13. The molecule has 4 heteroatoms. The molecule has 0 saturated carbocycles. The van der Waals surface area contributed by atoms with Crippen molar-refractivity contribution >= 4 is 5.96 Å². The van der Waals surface area contributed by atoms with Crippen LogP contribution in [-0.4, -0.2) is 43.6 Å². The molecule has 1 rings (SSSR count). The van der Waals surface area contributed by atoms with Crippen molar-refractivity contribution in [2.75, 3.05) is 26.7 Å². The zero-order chi connectivity index (χ0) is 17.1. The summed E-state index contributed by atoms with van der Waals surface area (Å²) in [5.74, 6) is 0.876. The maximum atomic E-state index is 4.32. The van der Waals surface area contributed by atoms with Gasteiger partial charge < -0.3 is 15.5 Å². The summed E-state index contributed by atoms with van der Waals surface area (Å²) in [4.78, 5) is 6.79. The largest absolute Gasteiger partial charge is 0.354 e. The van der Waals surface area contributed by atoms with E-state index < -0.39 is 0 Å². The Balaban J connectivity index is 2.30. The van der Waals surface area contributed by atoms with E-state index in [4.69, 9.17) is 0 Å². The lowest BCUT2D eigenvalue weighted by atomic mass is 10.1. The molecular formula is C19H34N4. The number of aryl methyl sites for hydroxylation is 1. The molecule has 2 N–H and O–H groups in total. The normalized spacial score (nSPS) is 13.2. The van der Waals surface area contributed by atoms with Gasteiger partial charge in [-0.2, -0.15) is 0 Å². The average Bonchev–Trinajstić information content (AvgIpc) is 2.57. The molecule has 1 unspecified atom stereocenters. The third-order valence-electron chi connectivity index (χ3n) is 4.19. The zero-order valence-corrected chi connectivity index (χ0v) is 15.5. The Hall–Kier alpha value is -1.55. The Morgan fingerprint density at radius 2 is 1.83 bits per heavy atom. The lowest BCUT2D eigenvalue weighted by molar-refractivity contribution is 0.292. The van der Waals surface area contributed by atoms with Crippen molar-refractivity contribution in [2.24, 2.45) is 4.99 Å². The number of nitrogens with zero attached hydrogens (tertiary/aromatic N) is 2. The van der Waals surface area contributed by atoms with Crippen molar-refractivity contribution in [1.29, 1.82) is 0 Å². The number of hydrogen-bond acceptors (Lipinski definition) is 2. The molecule has 0 aromatic heterocycles. The average molecular weight is 319 g/mol. The van der Waals surface area contributed by atoms with Crippen LogP contribution in [0.2, 0.25) is 0 Å². The summed E-state index contributed by atoms with van der Waals surface area (Å²) in [7, 11) is 1.83. The van der Waals surface area contributed by atoms with Crippen molar-refractivity contribution < 1.29 is 0 Å². The van der Waals surface area contributed by atoms with Crippen LogP contribution in [0.3, 0.4) is 0 Å². The molecular weight excluding hydrogens is 284 g/mol. The molecule has 0 fully saturated rings. The Kier molecular flexibility index (Phi) is 9.37. The molecule has 0 radical (unpaired) electrons. The number of guanidine groups is 1. The van der Waals surface area contributed by atoms with Gasteiger partial charge in [0.1, 0.15) is 0 Å². The highest BCUT2D eigenvalue weighted by Gasteiger charge is 2.06. The first-order chi connectivity index (χ1) is 11.1. The maximum Gasteiger partial charge on any atom is 0.191 e. The van der Waals surface area contributed by atoms with Gasteiger partial charge in [0, 0.05) is 19.6 Å². The third-order valence-corrected chi connectivity index (χ3v) is 4.19. The van der Waals surface area contributed by atoms with Gasteiger partial charge in [0.25, 0.3) is 0 Å². The van der Waals surface area contributed by atoms with Gasteiger partial charge in [0.05, 0.1) is 0 Å². The topological polar surface area (TPSA) is 39.7 Å². The second-order valence-electron chi connectivity index (χ2n) is 6.13. The molecule has 1 aromatic rings. The van der Waals surface area contributed by atoms with Crippen molar-refractivity contribution in [3.05, 3.63) is 35.4 Å². The van der Waals surface area contributed by atoms with Crippen molar-refractivity contribution in [1.82, 2.24) is 15.5 Å². The number of benzene rings is 1. The fraction of sp³-hybridized carbons (Fsp3) is 0.632. The van der Waals surface area contributed by atoms with E-state index in [0.717, 1.165) is 32.0 Å². The second kappa shape index (κ2) is 11.1. The lowest BCUT2D eigenvalue weighted by Gasteiger charge is -2.21. The first-order valence-electron chi connectivity index (χ1n) is 8.84. The van der Waals surface area contributed by atoms with Gasteiger partial charge in [-0.15, -0.1) is 0 Å². The molecule has 1 atom stereocenters. The first kappa shape index (κ1) is 19.5. The molecule has 0 saturated heterocycles. The summed E-state index contributed by atoms with van der Waals surface area (Å²) in [5.41, 5.74) is 2.56. The summed E-state index contributed by atoms with van der Waals surface area (Å²) in [6.07, 6.45) is 2.37. The molecule has 1 aromatic carbocycles. The van der Waals surface area contributed by atoms with Crippen LogP contribution in [0.15, 0.2) is 29.3 Å². The Labute approximate surface area is 142 Å². The third kappa shape index (κ3) is 8.03. The molecule has 4 nitrogen and oxygen atoms in total. The van der Waals surface area contributed by atoms with E-state index in [1.165, 1.54) is 24.1 Å². The van der Waals surface area contributed by atoms with Gasteiger partial charge >= 0.3 is 0 Å². The number of aliphatic imine (C=N–C) groups is 1. The minimum atomic E-state index is 0.426. The summed E-state index contributed by atoms with van der Waals surface area (Å²) in [5, 5.41) is 6.86. The van der Waals surface area contributed by atoms with Crippen LogP contribution in [0, 0.1) is 6.92 Å². The van der Waals surface area contributed by atoms with Gasteiger partial charge in [-0.25, -0.2) is 0 Å². The summed E-state index contributed by atoms with van der Waals surface area (Å²) < 4.78 is 0. The molecule has 0 bridgehead atoms. The maximum absolute atomic E-state index is 4.32. The van der Waals surface area contributed by atoms with E-state index >= 15 is 0 Å². The van der Waals surface area contributed by atoms with Crippen LogP contribution < -0.4 is 10.6 Å². The van der Waals surface area contributed by atoms with E-state index in [1.807, 2.05) is 7.05 Å². The molecule has 0 aliphatic carbocycles. The minimum absolute atomic E-state index is 0.426. The Morgan fingerprint density at radius 1 is 1.17 bits per heavy atom. The molecule has 0 amide bonds. The minimum Gasteiger partial charge on any atom is -0.354 e. The number of hydrogen-bond donors (Lipinski definition) is 2.